The lowest BCUT2D eigenvalue weighted by Crippen LogP contribution is -2.35. The number of carbonyl (C=O) groups is 1. The molecule has 2 aromatic carbocycles. The van der Waals surface area contributed by atoms with Crippen LogP contribution in [-0.4, -0.2) is 33.2 Å². The maximum atomic E-state index is 12.6. The normalized spacial score (nSPS) is 16.4. The number of rotatable bonds is 6. The third-order valence-corrected chi connectivity index (χ3v) is 5.66. The fourth-order valence-corrected chi connectivity index (χ4v) is 3.89. The lowest BCUT2D eigenvalue weighted by Gasteiger charge is -2.22. The van der Waals surface area contributed by atoms with Crippen LogP contribution in [-0.2, 0) is 21.1 Å². The first-order chi connectivity index (χ1) is 12.4. The Bertz CT molecular complexity index is 890. The summed E-state index contributed by atoms with van der Waals surface area (Å²) in [6, 6.07) is 14.5. The largest absolute Gasteiger partial charge is 0.494 e. The number of carbonyl (C=O) groups excluding carboxylic acids is 1. The van der Waals surface area contributed by atoms with Crippen molar-refractivity contribution in [3.05, 3.63) is 54.1 Å². The number of fused-ring (bicyclic) bond motifs is 1. The Morgan fingerprint density at radius 3 is 2.54 bits per heavy atom. The van der Waals surface area contributed by atoms with Gasteiger partial charge < -0.3 is 9.64 Å². The molecule has 2 aromatic rings. The minimum absolute atomic E-state index is 0.110. The number of sulfone groups is 1. The predicted octanol–water partition coefficient (Wildman–Crippen LogP) is 3.23. The summed E-state index contributed by atoms with van der Waals surface area (Å²) in [6.07, 6.45) is 3.09. The van der Waals surface area contributed by atoms with Crippen LogP contribution >= 0.6 is 0 Å². The highest BCUT2D eigenvalue weighted by Crippen LogP contribution is 2.32. The van der Waals surface area contributed by atoms with E-state index < -0.39 is 9.84 Å². The van der Waals surface area contributed by atoms with Crippen LogP contribution in [0.25, 0.3) is 0 Å². The summed E-state index contributed by atoms with van der Waals surface area (Å²) in [5.74, 6) is 0.711. The topological polar surface area (TPSA) is 63.7 Å². The van der Waals surface area contributed by atoms with Crippen molar-refractivity contribution < 1.29 is 17.9 Å². The van der Waals surface area contributed by atoms with Gasteiger partial charge in [-0.3, -0.25) is 4.79 Å². The quantitative estimate of drug-likeness (QED) is 0.730. The molecule has 0 saturated heterocycles. The predicted molar refractivity (Wildman–Crippen MR) is 101 cm³/mol. The van der Waals surface area contributed by atoms with E-state index in [4.69, 9.17) is 4.74 Å². The van der Waals surface area contributed by atoms with Gasteiger partial charge in [-0.05, 0) is 55.7 Å². The number of ether oxygens (including phenoxy) is 1. The SMILES string of the molecule is CC1Cc2ccccc2N1C(=O)CCCOc1ccc(S(C)(=O)=O)cc1. The number of anilines is 1. The van der Waals surface area contributed by atoms with Crippen molar-refractivity contribution in [3.8, 4) is 5.75 Å². The van der Waals surface area contributed by atoms with Gasteiger partial charge in [0.2, 0.25) is 5.91 Å². The third kappa shape index (κ3) is 4.07. The Kier molecular flexibility index (Phi) is 5.32. The highest BCUT2D eigenvalue weighted by Gasteiger charge is 2.29. The molecule has 0 bridgehead atoms. The van der Waals surface area contributed by atoms with Crippen molar-refractivity contribution in [1.82, 2.24) is 0 Å². The highest BCUT2D eigenvalue weighted by molar-refractivity contribution is 7.90. The van der Waals surface area contributed by atoms with Gasteiger partial charge in [-0.25, -0.2) is 8.42 Å². The molecular weight excluding hydrogens is 350 g/mol. The monoisotopic (exact) mass is 373 g/mol. The lowest BCUT2D eigenvalue weighted by molar-refractivity contribution is -0.119. The number of para-hydroxylation sites is 1. The first kappa shape index (κ1) is 18.5. The fraction of sp³-hybridized carbons (Fsp3) is 0.350. The molecule has 0 saturated carbocycles. The van der Waals surface area contributed by atoms with Crippen LogP contribution in [0.3, 0.4) is 0 Å². The van der Waals surface area contributed by atoms with Crippen LogP contribution in [0.1, 0.15) is 25.3 Å². The second-order valence-electron chi connectivity index (χ2n) is 6.64. The van der Waals surface area contributed by atoms with E-state index in [1.54, 1.807) is 12.1 Å². The molecule has 6 heteroatoms. The van der Waals surface area contributed by atoms with E-state index in [0.29, 0.717) is 25.2 Å². The zero-order chi connectivity index (χ0) is 18.7. The average molecular weight is 373 g/mol. The van der Waals surface area contributed by atoms with E-state index in [1.165, 1.54) is 24.0 Å². The molecule has 1 atom stereocenters. The molecule has 1 unspecified atom stereocenters. The molecule has 0 fully saturated rings. The minimum Gasteiger partial charge on any atom is -0.494 e. The number of benzene rings is 2. The van der Waals surface area contributed by atoms with Crippen LogP contribution in [0.4, 0.5) is 5.69 Å². The van der Waals surface area contributed by atoms with Crippen LogP contribution < -0.4 is 9.64 Å². The van der Waals surface area contributed by atoms with Crippen LogP contribution in [0.15, 0.2) is 53.4 Å². The number of hydrogen-bond acceptors (Lipinski definition) is 4. The van der Waals surface area contributed by atoms with Crippen LogP contribution in [0.2, 0.25) is 0 Å². The van der Waals surface area contributed by atoms with Gasteiger partial charge in [0.1, 0.15) is 5.75 Å². The van der Waals surface area contributed by atoms with Gasteiger partial charge in [0.15, 0.2) is 9.84 Å². The Morgan fingerprint density at radius 2 is 1.85 bits per heavy atom. The van der Waals surface area contributed by atoms with Crippen molar-refractivity contribution in [2.75, 3.05) is 17.8 Å². The summed E-state index contributed by atoms with van der Waals surface area (Å²) in [5, 5.41) is 0. The Labute approximate surface area is 154 Å². The van der Waals surface area contributed by atoms with E-state index in [0.717, 1.165) is 12.1 Å². The van der Waals surface area contributed by atoms with E-state index >= 15 is 0 Å². The van der Waals surface area contributed by atoms with Crippen molar-refractivity contribution in [1.29, 1.82) is 0 Å². The molecule has 1 amide bonds. The summed E-state index contributed by atoms with van der Waals surface area (Å²) in [7, 11) is -3.20. The van der Waals surface area contributed by atoms with Gasteiger partial charge in [-0.15, -0.1) is 0 Å². The summed E-state index contributed by atoms with van der Waals surface area (Å²) >= 11 is 0. The molecule has 1 heterocycles. The average Bonchev–Trinajstić information content (AvgIpc) is 2.94. The molecule has 0 aliphatic carbocycles. The first-order valence-corrected chi connectivity index (χ1v) is 10.6. The summed E-state index contributed by atoms with van der Waals surface area (Å²) in [5.41, 5.74) is 2.23. The number of nitrogens with zero attached hydrogens (tertiary/aromatic N) is 1. The molecule has 0 spiro atoms. The Hall–Kier alpha value is -2.34. The fourth-order valence-electron chi connectivity index (χ4n) is 3.26. The van der Waals surface area contributed by atoms with Gasteiger partial charge in [0.05, 0.1) is 11.5 Å². The van der Waals surface area contributed by atoms with E-state index in [9.17, 15) is 13.2 Å². The number of amides is 1. The van der Waals surface area contributed by atoms with Gasteiger partial charge >= 0.3 is 0 Å². The molecule has 0 N–H and O–H groups in total. The van der Waals surface area contributed by atoms with Crippen molar-refractivity contribution in [2.24, 2.45) is 0 Å². The molecule has 0 radical (unpaired) electrons. The zero-order valence-electron chi connectivity index (χ0n) is 15.0. The van der Waals surface area contributed by atoms with Gasteiger partial charge in [0, 0.05) is 24.4 Å². The molecular formula is C20H23NO4S. The Balaban J connectivity index is 1.50. The minimum atomic E-state index is -3.20. The molecule has 3 rings (SSSR count). The molecule has 1 aliphatic heterocycles. The van der Waals surface area contributed by atoms with E-state index in [1.807, 2.05) is 23.1 Å². The summed E-state index contributed by atoms with van der Waals surface area (Å²) in [4.78, 5) is 14.7. The standard InChI is InChI=1S/C20H23NO4S/c1-15-14-16-6-3-4-7-19(16)21(15)20(22)8-5-13-25-17-9-11-18(12-10-17)26(2,23)24/h3-4,6-7,9-12,15H,5,8,13-14H2,1-2H3. The third-order valence-electron chi connectivity index (χ3n) is 4.53. The van der Waals surface area contributed by atoms with Crippen molar-refractivity contribution in [2.45, 2.75) is 37.1 Å². The summed E-state index contributed by atoms with van der Waals surface area (Å²) in [6.45, 7) is 2.48. The smallest absolute Gasteiger partial charge is 0.227 e. The second kappa shape index (κ2) is 7.50. The van der Waals surface area contributed by atoms with E-state index in [-0.39, 0.29) is 16.8 Å². The lowest BCUT2D eigenvalue weighted by atomic mass is 10.1. The molecule has 5 nitrogen and oxygen atoms in total. The molecule has 138 valence electrons. The van der Waals surface area contributed by atoms with Crippen molar-refractivity contribution >= 4 is 21.4 Å². The van der Waals surface area contributed by atoms with E-state index in [2.05, 4.69) is 13.0 Å². The number of hydrogen-bond donors (Lipinski definition) is 0. The van der Waals surface area contributed by atoms with Gasteiger partial charge in [-0.2, -0.15) is 0 Å². The van der Waals surface area contributed by atoms with Crippen LogP contribution in [0.5, 0.6) is 5.75 Å². The zero-order valence-corrected chi connectivity index (χ0v) is 15.8. The second-order valence-corrected chi connectivity index (χ2v) is 8.66. The highest BCUT2D eigenvalue weighted by atomic mass is 32.2. The molecule has 26 heavy (non-hydrogen) atoms. The first-order valence-electron chi connectivity index (χ1n) is 8.69. The summed E-state index contributed by atoms with van der Waals surface area (Å²) < 4.78 is 28.5. The maximum absolute atomic E-state index is 12.6. The van der Waals surface area contributed by atoms with Crippen molar-refractivity contribution in [3.63, 3.8) is 0 Å². The van der Waals surface area contributed by atoms with Gasteiger partial charge in [-0.1, -0.05) is 18.2 Å². The maximum Gasteiger partial charge on any atom is 0.227 e. The molecule has 0 aromatic heterocycles. The van der Waals surface area contributed by atoms with Crippen LogP contribution in [0, 0.1) is 0 Å². The van der Waals surface area contributed by atoms with Gasteiger partial charge in [0.25, 0.3) is 0 Å². The molecule has 1 aliphatic rings. The Morgan fingerprint density at radius 1 is 1.15 bits per heavy atom.